The predicted octanol–water partition coefficient (Wildman–Crippen LogP) is 5.42. The molecule has 0 amide bonds. The van der Waals surface area contributed by atoms with Gasteiger partial charge in [0.15, 0.2) is 0 Å². The van der Waals surface area contributed by atoms with Crippen LogP contribution in [0.3, 0.4) is 0 Å². The molecular formula is C20H17ClO4S. The molecule has 1 heterocycles. The molecule has 2 aromatic carbocycles. The lowest BCUT2D eigenvalue weighted by molar-refractivity contribution is -0.137. The number of ketones is 1. The van der Waals surface area contributed by atoms with Crippen LogP contribution in [0.4, 0.5) is 0 Å². The van der Waals surface area contributed by atoms with Gasteiger partial charge in [-0.15, -0.1) is 11.3 Å². The van der Waals surface area contributed by atoms with Gasteiger partial charge in [0.2, 0.25) is 5.78 Å². The molecule has 3 rings (SSSR count). The van der Waals surface area contributed by atoms with Gasteiger partial charge in [0.1, 0.15) is 10.6 Å². The number of halogens is 1. The zero-order valence-electron chi connectivity index (χ0n) is 13.9. The first kappa shape index (κ1) is 18.4. The molecule has 4 nitrogen and oxygen atoms in total. The van der Waals surface area contributed by atoms with Crippen molar-refractivity contribution in [3.63, 3.8) is 0 Å². The molecule has 0 unspecified atom stereocenters. The highest BCUT2D eigenvalue weighted by Gasteiger charge is 2.21. The Kier molecular flexibility index (Phi) is 5.91. The molecule has 0 saturated heterocycles. The maximum absolute atomic E-state index is 12.9. The summed E-state index contributed by atoms with van der Waals surface area (Å²) in [6, 6.07) is 14.5. The van der Waals surface area contributed by atoms with Crippen LogP contribution in [0.1, 0.15) is 34.5 Å². The second kappa shape index (κ2) is 8.34. The minimum atomic E-state index is -0.815. The molecule has 1 aromatic heterocycles. The molecule has 0 fully saturated rings. The van der Waals surface area contributed by atoms with E-state index in [1.807, 2.05) is 24.3 Å². The lowest BCUT2D eigenvalue weighted by Gasteiger charge is -2.08. The highest BCUT2D eigenvalue weighted by molar-refractivity contribution is 7.21. The van der Waals surface area contributed by atoms with Crippen molar-refractivity contribution in [2.24, 2.45) is 0 Å². The highest BCUT2D eigenvalue weighted by Crippen LogP contribution is 2.39. The lowest BCUT2D eigenvalue weighted by Crippen LogP contribution is -2.04. The third-order valence-corrected chi connectivity index (χ3v) is 5.30. The first-order valence-electron chi connectivity index (χ1n) is 8.22. The first-order chi connectivity index (χ1) is 12.6. The fourth-order valence-corrected chi connectivity index (χ4v) is 3.83. The minimum absolute atomic E-state index is 0.108. The zero-order chi connectivity index (χ0) is 18.5. The van der Waals surface area contributed by atoms with E-state index in [1.54, 1.807) is 24.3 Å². The molecule has 0 radical (unpaired) electrons. The zero-order valence-corrected chi connectivity index (χ0v) is 15.5. The van der Waals surface area contributed by atoms with Crippen molar-refractivity contribution in [1.82, 2.24) is 0 Å². The second-order valence-electron chi connectivity index (χ2n) is 5.79. The van der Waals surface area contributed by atoms with Gasteiger partial charge in [-0.25, -0.2) is 0 Å². The molecule has 0 saturated carbocycles. The van der Waals surface area contributed by atoms with E-state index >= 15 is 0 Å². The summed E-state index contributed by atoms with van der Waals surface area (Å²) in [5.74, 6) is -0.353. The smallest absolute Gasteiger partial charge is 0.303 e. The molecule has 0 aliphatic heterocycles. The van der Waals surface area contributed by atoms with Gasteiger partial charge < -0.3 is 9.84 Å². The average Bonchev–Trinajstić information content (AvgIpc) is 3.00. The van der Waals surface area contributed by atoms with Crippen LogP contribution in [0.5, 0.6) is 5.75 Å². The number of thiophene rings is 1. The summed E-state index contributed by atoms with van der Waals surface area (Å²) in [4.78, 5) is 24.1. The summed E-state index contributed by atoms with van der Waals surface area (Å²) in [6.07, 6.45) is 1.27. The molecule has 0 bridgehead atoms. The number of unbranched alkanes of at least 4 members (excludes halogenated alkanes) is 1. The number of hydrogen-bond acceptors (Lipinski definition) is 4. The van der Waals surface area contributed by atoms with Crippen LogP contribution in [0.2, 0.25) is 5.02 Å². The molecule has 3 aromatic rings. The van der Waals surface area contributed by atoms with Crippen molar-refractivity contribution in [2.75, 3.05) is 6.61 Å². The van der Waals surface area contributed by atoms with E-state index in [0.29, 0.717) is 40.7 Å². The third kappa shape index (κ3) is 4.23. The molecule has 1 N–H and O–H groups in total. The SMILES string of the molecule is O=C(O)CCCCOc1c(C(=O)c2ccc(Cl)cc2)sc2ccccc12. The van der Waals surface area contributed by atoms with Gasteiger partial charge in [-0.05, 0) is 49.2 Å². The molecule has 6 heteroatoms. The molecule has 134 valence electrons. The number of ether oxygens (including phenoxy) is 1. The molecule has 0 aliphatic rings. The van der Waals surface area contributed by atoms with Crippen LogP contribution < -0.4 is 4.74 Å². The van der Waals surface area contributed by atoms with E-state index in [4.69, 9.17) is 21.4 Å². The van der Waals surface area contributed by atoms with Gasteiger partial charge in [-0.2, -0.15) is 0 Å². The maximum Gasteiger partial charge on any atom is 0.303 e. The van der Waals surface area contributed by atoms with Crippen molar-refractivity contribution in [3.8, 4) is 5.75 Å². The van der Waals surface area contributed by atoms with Crippen molar-refractivity contribution >= 4 is 44.8 Å². The molecule has 0 atom stereocenters. The quantitative estimate of drug-likeness (QED) is 0.413. The molecule has 0 aliphatic carbocycles. The summed E-state index contributed by atoms with van der Waals surface area (Å²) in [7, 11) is 0. The summed E-state index contributed by atoms with van der Waals surface area (Å²) in [5.41, 5.74) is 0.552. The summed E-state index contributed by atoms with van der Waals surface area (Å²) in [6.45, 7) is 0.370. The van der Waals surface area contributed by atoms with Crippen LogP contribution in [-0.2, 0) is 4.79 Å². The topological polar surface area (TPSA) is 63.6 Å². The number of carbonyl (C=O) groups is 2. The third-order valence-electron chi connectivity index (χ3n) is 3.89. The second-order valence-corrected chi connectivity index (χ2v) is 7.28. The van der Waals surface area contributed by atoms with E-state index in [-0.39, 0.29) is 12.2 Å². The first-order valence-corrected chi connectivity index (χ1v) is 9.42. The van der Waals surface area contributed by atoms with Gasteiger partial charge in [-0.1, -0.05) is 23.7 Å². The van der Waals surface area contributed by atoms with Crippen LogP contribution in [0.15, 0.2) is 48.5 Å². The Morgan fingerprint density at radius 2 is 1.77 bits per heavy atom. The van der Waals surface area contributed by atoms with Crippen molar-refractivity contribution in [2.45, 2.75) is 19.3 Å². The Morgan fingerprint density at radius 1 is 1.04 bits per heavy atom. The van der Waals surface area contributed by atoms with Gasteiger partial charge in [-0.3, -0.25) is 9.59 Å². The molecular weight excluding hydrogens is 372 g/mol. The largest absolute Gasteiger partial charge is 0.491 e. The number of hydrogen-bond donors (Lipinski definition) is 1. The molecule has 26 heavy (non-hydrogen) atoms. The number of rotatable bonds is 8. The Balaban J connectivity index is 1.85. The number of aliphatic carboxylic acids is 1. The van der Waals surface area contributed by atoms with Crippen molar-refractivity contribution < 1.29 is 19.4 Å². The van der Waals surface area contributed by atoms with Gasteiger partial charge in [0.05, 0.1) is 6.61 Å². The summed E-state index contributed by atoms with van der Waals surface area (Å²) < 4.78 is 6.89. The van der Waals surface area contributed by atoms with Crippen molar-refractivity contribution in [3.05, 3.63) is 64.0 Å². The predicted molar refractivity (Wildman–Crippen MR) is 104 cm³/mol. The van der Waals surface area contributed by atoms with Crippen LogP contribution in [-0.4, -0.2) is 23.5 Å². The Hall–Kier alpha value is -2.37. The number of carboxylic acids is 1. The van der Waals surface area contributed by atoms with E-state index < -0.39 is 5.97 Å². The van der Waals surface area contributed by atoms with E-state index in [1.165, 1.54) is 11.3 Å². The number of carboxylic acid groups (broad SMARTS) is 1. The maximum atomic E-state index is 12.9. The van der Waals surface area contributed by atoms with Crippen LogP contribution >= 0.6 is 22.9 Å². The Labute approximate surface area is 160 Å². The van der Waals surface area contributed by atoms with E-state index in [0.717, 1.165) is 10.1 Å². The van der Waals surface area contributed by atoms with Crippen LogP contribution in [0.25, 0.3) is 10.1 Å². The fourth-order valence-electron chi connectivity index (χ4n) is 2.60. The molecule has 0 spiro atoms. The lowest BCUT2D eigenvalue weighted by atomic mass is 10.1. The fraction of sp³-hybridized carbons (Fsp3) is 0.200. The number of benzene rings is 2. The van der Waals surface area contributed by atoms with Gasteiger partial charge in [0.25, 0.3) is 0 Å². The Morgan fingerprint density at radius 3 is 2.50 bits per heavy atom. The van der Waals surface area contributed by atoms with Gasteiger partial charge in [0, 0.05) is 27.1 Å². The van der Waals surface area contributed by atoms with Crippen LogP contribution in [0, 0.1) is 0 Å². The number of carbonyl (C=O) groups excluding carboxylic acids is 1. The summed E-state index contributed by atoms with van der Waals surface area (Å²) in [5, 5.41) is 10.2. The highest BCUT2D eigenvalue weighted by atomic mass is 35.5. The summed E-state index contributed by atoms with van der Waals surface area (Å²) >= 11 is 7.30. The van der Waals surface area contributed by atoms with Crippen molar-refractivity contribution in [1.29, 1.82) is 0 Å². The van der Waals surface area contributed by atoms with E-state index in [2.05, 4.69) is 0 Å². The standard InChI is InChI=1S/C20H17ClO4S/c21-14-10-8-13(9-11-14)18(24)20-19(25-12-4-3-7-17(22)23)15-5-1-2-6-16(15)26-20/h1-2,5-6,8-11H,3-4,7,12H2,(H,22,23). The normalized spacial score (nSPS) is 10.8. The Bertz CT molecular complexity index is 931. The minimum Gasteiger partial charge on any atom is -0.491 e. The van der Waals surface area contributed by atoms with Gasteiger partial charge >= 0.3 is 5.97 Å². The van der Waals surface area contributed by atoms with E-state index in [9.17, 15) is 9.59 Å². The monoisotopic (exact) mass is 388 g/mol. The average molecular weight is 389 g/mol. The number of fused-ring (bicyclic) bond motifs is 1.